The fourth-order valence-electron chi connectivity index (χ4n) is 3.51. The van der Waals surface area contributed by atoms with Crippen molar-refractivity contribution in [2.75, 3.05) is 31.9 Å². The molecule has 1 aliphatic rings. The Bertz CT molecular complexity index is 1030. The number of amides is 1. The Labute approximate surface area is 176 Å². The van der Waals surface area contributed by atoms with E-state index in [1.165, 1.54) is 6.07 Å². The standard InChI is InChI=1S/C22H24FN3O3S/c23-21-5-2-1-4-20(21)15-25-10-3-11-26(13-12-25)22(27)17-30(28,29)16-19-8-6-18(14-24)7-9-19/h1-2,4-9H,3,10-13,15-17H2. The quantitative estimate of drug-likeness (QED) is 0.704. The van der Waals surface area contributed by atoms with Crippen LogP contribution in [0.3, 0.4) is 0 Å². The summed E-state index contributed by atoms with van der Waals surface area (Å²) in [7, 11) is -3.62. The minimum Gasteiger partial charge on any atom is -0.340 e. The Kier molecular flexibility index (Phi) is 7.19. The third kappa shape index (κ3) is 6.12. The molecule has 6 nitrogen and oxygen atoms in total. The second-order valence-corrected chi connectivity index (χ2v) is 9.51. The molecule has 0 spiro atoms. The van der Waals surface area contributed by atoms with Crippen LogP contribution in [0.1, 0.15) is 23.1 Å². The highest BCUT2D eigenvalue weighted by Gasteiger charge is 2.24. The van der Waals surface area contributed by atoms with Gasteiger partial charge in [0.25, 0.3) is 0 Å². The largest absolute Gasteiger partial charge is 0.340 e. The van der Waals surface area contributed by atoms with E-state index in [-0.39, 0.29) is 11.6 Å². The maximum absolute atomic E-state index is 13.9. The minimum atomic E-state index is -3.62. The molecule has 1 fully saturated rings. The molecule has 30 heavy (non-hydrogen) atoms. The maximum atomic E-state index is 13.9. The summed E-state index contributed by atoms with van der Waals surface area (Å²) in [5.74, 6) is -1.43. The lowest BCUT2D eigenvalue weighted by molar-refractivity contribution is -0.128. The average Bonchev–Trinajstić information content (AvgIpc) is 2.95. The number of rotatable bonds is 6. The lowest BCUT2D eigenvalue weighted by Gasteiger charge is -2.22. The van der Waals surface area contributed by atoms with Gasteiger partial charge in [-0.15, -0.1) is 0 Å². The van der Waals surface area contributed by atoms with Crippen molar-refractivity contribution in [3.63, 3.8) is 0 Å². The first-order valence-electron chi connectivity index (χ1n) is 9.79. The van der Waals surface area contributed by atoms with Crippen molar-refractivity contribution < 1.29 is 17.6 Å². The summed E-state index contributed by atoms with van der Waals surface area (Å²) in [6.45, 7) is 2.65. The number of sulfone groups is 1. The molecule has 0 N–H and O–H groups in total. The number of benzene rings is 2. The Balaban J connectivity index is 1.55. The molecule has 1 heterocycles. The summed E-state index contributed by atoms with van der Waals surface area (Å²) in [5, 5.41) is 8.82. The van der Waals surface area contributed by atoms with E-state index in [0.29, 0.717) is 49.3 Å². The molecule has 0 saturated carbocycles. The van der Waals surface area contributed by atoms with E-state index in [1.807, 2.05) is 6.07 Å². The third-order valence-electron chi connectivity index (χ3n) is 5.11. The van der Waals surface area contributed by atoms with Crippen LogP contribution in [-0.4, -0.2) is 56.1 Å². The van der Waals surface area contributed by atoms with Gasteiger partial charge in [0.05, 0.1) is 17.4 Å². The number of nitriles is 1. The highest BCUT2D eigenvalue weighted by Crippen LogP contribution is 2.14. The molecular formula is C22H24FN3O3S. The van der Waals surface area contributed by atoms with Crippen molar-refractivity contribution in [3.8, 4) is 6.07 Å². The van der Waals surface area contributed by atoms with Crippen LogP contribution < -0.4 is 0 Å². The molecule has 2 aromatic rings. The lowest BCUT2D eigenvalue weighted by Crippen LogP contribution is -2.38. The van der Waals surface area contributed by atoms with Crippen LogP contribution in [0.25, 0.3) is 0 Å². The summed E-state index contributed by atoms with van der Waals surface area (Å²) in [6, 6.07) is 14.9. The monoisotopic (exact) mass is 429 g/mol. The van der Waals surface area contributed by atoms with E-state index in [2.05, 4.69) is 4.90 Å². The zero-order chi connectivity index (χ0) is 21.6. The highest BCUT2D eigenvalue weighted by atomic mass is 32.2. The predicted octanol–water partition coefficient (Wildman–Crippen LogP) is 2.35. The van der Waals surface area contributed by atoms with E-state index < -0.39 is 21.5 Å². The molecule has 0 unspecified atom stereocenters. The van der Waals surface area contributed by atoms with E-state index in [0.717, 1.165) is 6.54 Å². The third-order valence-corrected chi connectivity index (χ3v) is 6.57. The predicted molar refractivity (Wildman–Crippen MR) is 112 cm³/mol. The van der Waals surface area contributed by atoms with Gasteiger partial charge in [-0.25, -0.2) is 12.8 Å². The molecule has 1 saturated heterocycles. The smallest absolute Gasteiger partial charge is 0.237 e. The van der Waals surface area contributed by atoms with Gasteiger partial charge in [-0.05, 0) is 30.2 Å². The SMILES string of the molecule is N#Cc1ccc(CS(=O)(=O)CC(=O)N2CCCN(Cc3ccccc3F)CC2)cc1. The van der Waals surface area contributed by atoms with Crippen molar-refractivity contribution in [3.05, 3.63) is 71.0 Å². The number of hydrogen-bond acceptors (Lipinski definition) is 5. The van der Waals surface area contributed by atoms with Gasteiger partial charge < -0.3 is 4.90 Å². The fourth-order valence-corrected chi connectivity index (χ4v) is 4.87. The van der Waals surface area contributed by atoms with Gasteiger partial charge in [0.1, 0.15) is 11.6 Å². The summed E-state index contributed by atoms with van der Waals surface area (Å²) in [6.07, 6.45) is 0.704. The topological polar surface area (TPSA) is 81.5 Å². The summed E-state index contributed by atoms with van der Waals surface area (Å²) < 4.78 is 38.8. The minimum absolute atomic E-state index is 0.238. The van der Waals surface area contributed by atoms with Crippen molar-refractivity contribution in [1.82, 2.24) is 9.80 Å². The molecule has 1 amide bonds. The first-order chi connectivity index (χ1) is 14.4. The van der Waals surface area contributed by atoms with Gasteiger partial charge in [-0.2, -0.15) is 5.26 Å². The molecule has 2 aromatic carbocycles. The molecule has 0 atom stereocenters. The van der Waals surface area contributed by atoms with Gasteiger partial charge >= 0.3 is 0 Å². The van der Waals surface area contributed by atoms with Crippen molar-refractivity contribution >= 4 is 15.7 Å². The van der Waals surface area contributed by atoms with Crippen molar-refractivity contribution in [2.45, 2.75) is 18.7 Å². The van der Waals surface area contributed by atoms with Crippen LogP contribution in [0.2, 0.25) is 0 Å². The van der Waals surface area contributed by atoms with Crippen LogP contribution >= 0.6 is 0 Å². The zero-order valence-corrected chi connectivity index (χ0v) is 17.4. The Morgan fingerprint density at radius 1 is 1.03 bits per heavy atom. The molecule has 0 aromatic heterocycles. The van der Waals surface area contributed by atoms with Gasteiger partial charge in [0.15, 0.2) is 9.84 Å². The maximum Gasteiger partial charge on any atom is 0.237 e. The number of halogens is 1. The van der Waals surface area contributed by atoms with Gasteiger partial charge in [-0.3, -0.25) is 9.69 Å². The van der Waals surface area contributed by atoms with Crippen LogP contribution in [0, 0.1) is 17.1 Å². The van der Waals surface area contributed by atoms with E-state index in [9.17, 15) is 17.6 Å². The Morgan fingerprint density at radius 2 is 1.77 bits per heavy atom. The molecule has 3 rings (SSSR count). The lowest BCUT2D eigenvalue weighted by atomic mass is 10.2. The average molecular weight is 430 g/mol. The summed E-state index contributed by atoms with van der Waals surface area (Å²) in [5.41, 5.74) is 1.62. The molecular weight excluding hydrogens is 405 g/mol. The number of carbonyl (C=O) groups excluding carboxylic acids is 1. The first-order valence-corrected chi connectivity index (χ1v) is 11.6. The van der Waals surface area contributed by atoms with Gasteiger partial charge in [-0.1, -0.05) is 30.3 Å². The normalized spacial score (nSPS) is 15.4. The van der Waals surface area contributed by atoms with Crippen molar-refractivity contribution in [2.24, 2.45) is 0 Å². The van der Waals surface area contributed by atoms with E-state index in [1.54, 1.807) is 47.4 Å². The Hall–Kier alpha value is -2.76. The van der Waals surface area contributed by atoms with Crippen LogP contribution in [0.4, 0.5) is 4.39 Å². The number of nitrogens with zero attached hydrogens (tertiary/aromatic N) is 3. The van der Waals surface area contributed by atoms with Gasteiger partial charge in [0.2, 0.25) is 5.91 Å². The molecule has 0 aliphatic carbocycles. The second kappa shape index (κ2) is 9.83. The summed E-state index contributed by atoms with van der Waals surface area (Å²) >= 11 is 0. The van der Waals surface area contributed by atoms with E-state index >= 15 is 0 Å². The fraction of sp³-hybridized carbons (Fsp3) is 0.364. The Morgan fingerprint density at radius 3 is 2.47 bits per heavy atom. The second-order valence-electron chi connectivity index (χ2n) is 7.44. The molecule has 8 heteroatoms. The highest BCUT2D eigenvalue weighted by molar-refractivity contribution is 7.91. The van der Waals surface area contributed by atoms with Gasteiger partial charge in [0, 0.05) is 38.3 Å². The zero-order valence-electron chi connectivity index (χ0n) is 16.6. The van der Waals surface area contributed by atoms with Crippen LogP contribution in [0.5, 0.6) is 0 Å². The first kappa shape index (κ1) is 21.9. The van der Waals surface area contributed by atoms with Crippen molar-refractivity contribution in [1.29, 1.82) is 5.26 Å². The number of carbonyl (C=O) groups is 1. The molecule has 0 bridgehead atoms. The van der Waals surface area contributed by atoms with E-state index in [4.69, 9.17) is 5.26 Å². The molecule has 1 aliphatic heterocycles. The molecule has 158 valence electrons. The van der Waals surface area contributed by atoms with Crippen LogP contribution in [0.15, 0.2) is 48.5 Å². The van der Waals surface area contributed by atoms with Crippen LogP contribution in [-0.2, 0) is 26.9 Å². The molecule has 0 radical (unpaired) electrons. The number of hydrogen-bond donors (Lipinski definition) is 0. The summed E-state index contributed by atoms with van der Waals surface area (Å²) in [4.78, 5) is 16.3.